The van der Waals surface area contributed by atoms with Crippen LogP contribution in [0.15, 0.2) is 48.5 Å². The fourth-order valence-corrected chi connectivity index (χ4v) is 4.37. The first-order valence-corrected chi connectivity index (χ1v) is 10.3. The van der Waals surface area contributed by atoms with E-state index < -0.39 is 0 Å². The molecule has 0 aromatic heterocycles. The number of hydrogen-bond donors (Lipinski definition) is 3. The van der Waals surface area contributed by atoms with Crippen molar-refractivity contribution in [2.45, 2.75) is 50.7 Å². The number of amides is 2. The van der Waals surface area contributed by atoms with Gasteiger partial charge in [-0.25, -0.2) is 4.39 Å². The molecule has 2 fully saturated rings. The Kier molecular flexibility index (Phi) is 5.90. The summed E-state index contributed by atoms with van der Waals surface area (Å²) in [5, 5.41) is 9.13. The maximum atomic E-state index is 13.6. The number of halogens is 1. The minimum Gasteiger partial charge on any atom is -0.348 e. The van der Waals surface area contributed by atoms with Gasteiger partial charge < -0.3 is 16.0 Å². The number of carbonyl (C=O) groups is 2. The summed E-state index contributed by atoms with van der Waals surface area (Å²) in [7, 11) is 0. The first kappa shape index (κ1) is 19.6. The molecule has 0 spiro atoms. The summed E-state index contributed by atoms with van der Waals surface area (Å²) in [6.07, 6.45) is 5.76. The van der Waals surface area contributed by atoms with Crippen molar-refractivity contribution in [3.8, 4) is 0 Å². The fourth-order valence-electron chi connectivity index (χ4n) is 4.37. The molecule has 1 aliphatic heterocycles. The van der Waals surface area contributed by atoms with E-state index in [2.05, 4.69) is 16.0 Å². The molecular formula is C23H26FN3O2. The normalized spacial score (nSPS) is 23.3. The Bertz CT molecular complexity index is 870. The van der Waals surface area contributed by atoms with Crippen LogP contribution in [0, 0.1) is 11.7 Å². The largest absolute Gasteiger partial charge is 0.348 e. The third-order valence-corrected chi connectivity index (χ3v) is 5.99. The van der Waals surface area contributed by atoms with Crippen molar-refractivity contribution in [3.63, 3.8) is 0 Å². The molecule has 1 saturated heterocycles. The molecule has 2 amide bonds. The molecule has 5 nitrogen and oxygen atoms in total. The van der Waals surface area contributed by atoms with E-state index in [1.54, 1.807) is 42.5 Å². The standard InChI is InChI=1S/C23H26FN3O2/c24-19-7-3-1-6-17(19)14-25-22(28)15-9-11-18(12-10-15)26-23(29)21-13-16-5-2-4-8-20(16)27-21/h1,3,6-7,9-12,16,20-21,27H,2,4-5,8,13-14H2,(H,25,28)(H,26,29). The van der Waals surface area contributed by atoms with Gasteiger partial charge in [0.15, 0.2) is 0 Å². The summed E-state index contributed by atoms with van der Waals surface area (Å²) in [4.78, 5) is 24.9. The fraction of sp³-hybridized carbons (Fsp3) is 0.391. The van der Waals surface area contributed by atoms with Crippen LogP contribution < -0.4 is 16.0 Å². The Morgan fingerprint density at radius 2 is 1.79 bits per heavy atom. The number of carbonyl (C=O) groups excluding carboxylic acids is 2. The molecule has 6 heteroatoms. The van der Waals surface area contributed by atoms with Gasteiger partial charge in [0.25, 0.3) is 5.91 Å². The van der Waals surface area contributed by atoms with E-state index in [0.717, 1.165) is 12.8 Å². The summed E-state index contributed by atoms with van der Waals surface area (Å²) in [5.41, 5.74) is 1.57. The molecule has 0 radical (unpaired) electrons. The van der Waals surface area contributed by atoms with Crippen LogP contribution in [0.4, 0.5) is 10.1 Å². The van der Waals surface area contributed by atoms with E-state index >= 15 is 0 Å². The summed E-state index contributed by atoms with van der Waals surface area (Å²) >= 11 is 0. The molecule has 29 heavy (non-hydrogen) atoms. The molecule has 1 heterocycles. The molecule has 0 bridgehead atoms. The van der Waals surface area contributed by atoms with Crippen molar-refractivity contribution in [1.29, 1.82) is 0 Å². The SMILES string of the molecule is O=C(NCc1ccccc1F)c1ccc(NC(=O)C2CC3CCCCC3N2)cc1. The molecular weight excluding hydrogens is 369 g/mol. The van der Waals surface area contributed by atoms with Gasteiger partial charge in [0, 0.05) is 29.4 Å². The Balaban J connectivity index is 1.30. The summed E-state index contributed by atoms with van der Waals surface area (Å²) in [6, 6.07) is 13.4. The van der Waals surface area contributed by atoms with Crippen molar-refractivity contribution >= 4 is 17.5 Å². The third-order valence-electron chi connectivity index (χ3n) is 5.99. The van der Waals surface area contributed by atoms with E-state index in [1.807, 2.05) is 0 Å². The molecule has 3 atom stereocenters. The minimum absolute atomic E-state index is 0.0174. The van der Waals surface area contributed by atoms with E-state index in [0.29, 0.717) is 28.8 Å². The smallest absolute Gasteiger partial charge is 0.251 e. The summed E-state index contributed by atoms with van der Waals surface area (Å²) in [6.45, 7) is 0.125. The number of hydrogen-bond acceptors (Lipinski definition) is 3. The number of rotatable bonds is 5. The van der Waals surface area contributed by atoms with Gasteiger partial charge in [-0.1, -0.05) is 31.0 Å². The molecule has 2 aliphatic rings. The second-order valence-electron chi connectivity index (χ2n) is 7.95. The zero-order valence-electron chi connectivity index (χ0n) is 16.3. The Labute approximate surface area is 170 Å². The van der Waals surface area contributed by atoms with Crippen LogP contribution in [-0.4, -0.2) is 23.9 Å². The predicted octanol–water partition coefficient (Wildman–Crippen LogP) is 3.61. The maximum absolute atomic E-state index is 13.6. The Hall–Kier alpha value is -2.73. The van der Waals surface area contributed by atoms with Gasteiger partial charge in [0.1, 0.15) is 5.82 Å². The first-order valence-electron chi connectivity index (χ1n) is 10.3. The van der Waals surface area contributed by atoms with Crippen molar-refractivity contribution in [2.75, 3.05) is 5.32 Å². The Morgan fingerprint density at radius 3 is 2.55 bits per heavy atom. The number of nitrogens with one attached hydrogen (secondary N) is 3. The topological polar surface area (TPSA) is 70.2 Å². The van der Waals surface area contributed by atoms with Gasteiger partial charge in [0.05, 0.1) is 6.04 Å². The van der Waals surface area contributed by atoms with Crippen LogP contribution >= 0.6 is 0 Å². The van der Waals surface area contributed by atoms with Crippen molar-refractivity contribution in [2.24, 2.45) is 5.92 Å². The number of benzene rings is 2. The summed E-state index contributed by atoms with van der Waals surface area (Å²) in [5.74, 6) is -0.0323. The van der Waals surface area contributed by atoms with Gasteiger partial charge in [-0.2, -0.15) is 0 Å². The van der Waals surface area contributed by atoms with Gasteiger partial charge in [-0.05, 0) is 55.5 Å². The van der Waals surface area contributed by atoms with E-state index in [-0.39, 0.29) is 30.2 Å². The first-order chi connectivity index (χ1) is 14.1. The monoisotopic (exact) mass is 395 g/mol. The lowest BCUT2D eigenvalue weighted by molar-refractivity contribution is -0.117. The van der Waals surface area contributed by atoms with Gasteiger partial charge in [-0.15, -0.1) is 0 Å². The van der Waals surface area contributed by atoms with Gasteiger partial charge in [0.2, 0.25) is 5.91 Å². The zero-order valence-corrected chi connectivity index (χ0v) is 16.3. The molecule has 3 unspecified atom stereocenters. The van der Waals surface area contributed by atoms with Crippen molar-refractivity contribution in [3.05, 3.63) is 65.5 Å². The molecule has 152 valence electrons. The van der Waals surface area contributed by atoms with Gasteiger partial charge >= 0.3 is 0 Å². The molecule has 2 aromatic rings. The van der Waals surface area contributed by atoms with E-state index in [1.165, 1.54) is 25.3 Å². The highest BCUT2D eigenvalue weighted by Gasteiger charge is 2.38. The van der Waals surface area contributed by atoms with Crippen molar-refractivity contribution < 1.29 is 14.0 Å². The van der Waals surface area contributed by atoms with Crippen LogP contribution in [0.25, 0.3) is 0 Å². The highest BCUT2D eigenvalue weighted by Crippen LogP contribution is 2.33. The van der Waals surface area contributed by atoms with Gasteiger partial charge in [-0.3, -0.25) is 9.59 Å². The highest BCUT2D eigenvalue weighted by molar-refractivity contribution is 5.97. The second kappa shape index (κ2) is 8.74. The average molecular weight is 395 g/mol. The van der Waals surface area contributed by atoms with Crippen LogP contribution in [0.2, 0.25) is 0 Å². The lowest BCUT2D eigenvalue weighted by atomic mass is 9.85. The highest BCUT2D eigenvalue weighted by atomic mass is 19.1. The lowest BCUT2D eigenvalue weighted by Crippen LogP contribution is -2.39. The van der Waals surface area contributed by atoms with E-state index in [9.17, 15) is 14.0 Å². The molecule has 1 saturated carbocycles. The van der Waals surface area contributed by atoms with E-state index in [4.69, 9.17) is 0 Å². The number of anilines is 1. The maximum Gasteiger partial charge on any atom is 0.251 e. The second-order valence-corrected chi connectivity index (χ2v) is 7.95. The van der Waals surface area contributed by atoms with Crippen LogP contribution in [-0.2, 0) is 11.3 Å². The zero-order chi connectivity index (χ0) is 20.2. The third kappa shape index (κ3) is 4.65. The quantitative estimate of drug-likeness (QED) is 0.724. The van der Waals surface area contributed by atoms with Crippen molar-refractivity contribution in [1.82, 2.24) is 10.6 Å². The predicted molar refractivity (Wildman–Crippen MR) is 110 cm³/mol. The molecule has 4 rings (SSSR count). The number of fused-ring (bicyclic) bond motifs is 1. The molecule has 3 N–H and O–H groups in total. The molecule has 2 aromatic carbocycles. The van der Waals surface area contributed by atoms with Crippen LogP contribution in [0.1, 0.15) is 48.0 Å². The lowest BCUT2D eigenvalue weighted by Gasteiger charge is -2.24. The minimum atomic E-state index is -0.341. The van der Waals surface area contributed by atoms with Crippen LogP contribution in [0.3, 0.4) is 0 Å². The average Bonchev–Trinajstić information content (AvgIpc) is 3.18. The Morgan fingerprint density at radius 1 is 1.03 bits per heavy atom. The summed E-state index contributed by atoms with van der Waals surface area (Å²) < 4.78 is 13.6. The molecule has 1 aliphatic carbocycles. The van der Waals surface area contributed by atoms with Crippen LogP contribution in [0.5, 0.6) is 0 Å².